The Hall–Kier alpha value is -5.51. The minimum absolute atomic E-state index is 0.0171. The number of esters is 1. The Morgan fingerprint density at radius 1 is 0.857 bits per heavy atom. The van der Waals surface area contributed by atoms with E-state index in [0.717, 1.165) is 16.3 Å². The average Bonchev–Trinajstić information content (AvgIpc) is 3.00. The van der Waals surface area contributed by atoms with Gasteiger partial charge in [-0.05, 0) is 52.2 Å². The number of carbonyl (C=O) groups is 2. The Labute approximate surface area is 239 Å². The maximum Gasteiger partial charge on any atom is 0.408 e. The molecule has 214 valence electrons. The number of hydrogen-bond acceptors (Lipinski definition) is 9. The highest BCUT2D eigenvalue weighted by atomic mass is 16.6. The van der Waals surface area contributed by atoms with Crippen molar-refractivity contribution in [3.05, 3.63) is 112 Å². The zero-order valence-corrected chi connectivity index (χ0v) is 22.5. The summed E-state index contributed by atoms with van der Waals surface area (Å²) in [5.41, 5.74) is 1.30. The van der Waals surface area contributed by atoms with Crippen molar-refractivity contribution in [3.8, 4) is 17.2 Å². The van der Waals surface area contributed by atoms with Crippen LogP contribution in [0.15, 0.2) is 94.1 Å². The lowest BCUT2D eigenvalue weighted by atomic mass is 10.0. The second-order valence-corrected chi connectivity index (χ2v) is 9.51. The molecule has 0 radical (unpaired) electrons. The number of ether oxygens (including phenoxy) is 3. The van der Waals surface area contributed by atoms with E-state index in [2.05, 4.69) is 5.32 Å². The molecule has 3 N–H and O–H groups in total. The fourth-order valence-electron chi connectivity index (χ4n) is 4.57. The molecule has 0 saturated carbocycles. The highest BCUT2D eigenvalue weighted by Gasteiger charge is 2.25. The maximum atomic E-state index is 13.3. The number of aromatic hydroxyl groups is 2. The Balaban J connectivity index is 1.39. The Kier molecular flexibility index (Phi) is 8.24. The number of amides is 1. The molecule has 1 atom stereocenters. The van der Waals surface area contributed by atoms with Gasteiger partial charge in [-0.25, -0.2) is 14.4 Å². The molecule has 0 fully saturated rings. The summed E-state index contributed by atoms with van der Waals surface area (Å²) < 4.78 is 21.7. The van der Waals surface area contributed by atoms with Crippen molar-refractivity contribution >= 4 is 33.8 Å². The summed E-state index contributed by atoms with van der Waals surface area (Å²) in [6.07, 6.45) is -0.932. The highest BCUT2D eigenvalue weighted by molar-refractivity contribution is 6.07. The van der Waals surface area contributed by atoms with E-state index in [1.165, 1.54) is 24.3 Å². The van der Waals surface area contributed by atoms with Gasteiger partial charge < -0.3 is 34.2 Å². The van der Waals surface area contributed by atoms with Crippen molar-refractivity contribution in [2.45, 2.75) is 25.7 Å². The van der Waals surface area contributed by atoms with Crippen molar-refractivity contribution in [3.63, 3.8) is 0 Å². The first-order valence-corrected chi connectivity index (χ1v) is 13.0. The molecule has 0 bridgehead atoms. The number of alkyl carbamates (subject to hydrolysis) is 1. The van der Waals surface area contributed by atoms with Crippen LogP contribution in [0.5, 0.6) is 17.2 Å². The van der Waals surface area contributed by atoms with Gasteiger partial charge in [0, 0.05) is 23.4 Å². The summed E-state index contributed by atoms with van der Waals surface area (Å²) in [5, 5.41) is 24.3. The van der Waals surface area contributed by atoms with Crippen molar-refractivity contribution in [1.29, 1.82) is 0 Å². The van der Waals surface area contributed by atoms with E-state index >= 15 is 0 Å². The first-order chi connectivity index (χ1) is 20.3. The second-order valence-electron chi connectivity index (χ2n) is 9.51. The molecule has 1 aromatic heterocycles. The van der Waals surface area contributed by atoms with Gasteiger partial charge in [-0.2, -0.15) is 0 Å². The number of nitrogens with one attached hydrogen (secondary N) is 1. The van der Waals surface area contributed by atoms with Crippen LogP contribution in [0.25, 0.3) is 21.7 Å². The van der Waals surface area contributed by atoms with Crippen molar-refractivity contribution in [2.24, 2.45) is 0 Å². The van der Waals surface area contributed by atoms with Gasteiger partial charge in [0.15, 0.2) is 11.5 Å². The molecule has 10 nitrogen and oxygen atoms in total. The lowest BCUT2D eigenvalue weighted by Gasteiger charge is -2.18. The molecule has 0 aliphatic carbocycles. The quantitative estimate of drug-likeness (QED) is 0.0972. The van der Waals surface area contributed by atoms with Crippen LogP contribution in [0.2, 0.25) is 0 Å². The normalized spacial score (nSPS) is 11.6. The monoisotopic (exact) mass is 569 g/mol. The zero-order chi connectivity index (χ0) is 29.6. The number of rotatable bonds is 9. The van der Waals surface area contributed by atoms with Crippen LogP contribution in [0.4, 0.5) is 4.79 Å². The summed E-state index contributed by atoms with van der Waals surface area (Å²) in [7, 11) is 1.54. The molecule has 4 aromatic carbocycles. The van der Waals surface area contributed by atoms with Gasteiger partial charge in [0.25, 0.3) is 0 Å². The number of methoxy groups -OCH3 is 1. The summed E-state index contributed by atoms with van der Waals surface area (Å²) in [4.78, 5) is 38.3. The molecule has 0 saturated heterocycles. The number of carbonyl (C=O) groups excluding carboxylic acids is 2. The van der Waals surface area contributed by atoms with E-state index in [-0.39, 0.29) is 31.1 Å². The number of benzene rings is 4. The van der Waals surface area contributed by atoms with Crippen LogP contribution in [-0.4, -0.2) is 35.4 Å². The first kappa shape index (κ1) is 28.0. The van der Waals surface area contributed by atoms with Gasteiger partial charge in [-0.1, -0.05) is 48.5 Å². The van der Waals surface area contributed by atoms with E-state index in [1.54, 1.807) is 49.6 Å². The topological polar surface area (TPSA) is 145 Å². The third kappa shape index (κ3) is 6.44. The van der Waals surface area contributed by atoms with Gasteiger partial charge in [0.05, 0.1) is 7.11 Å². The fourth-order valence-corrected chi connectivity index (χ4v) is 4.57. The highest BCUT2D eigenvalue weighted by Crippen LogP contribution is 2.31. The summed E-state index contributed by atoms with van der Waals surface area (Å²) in [5.74, 6) is -0.916. The van der Waals surface area contributed by atoms with Gasteiger partial charge in [-0.15, -0.1) is 0 Å². The Bertz CT molecular complexity index is 1810. The molecule has 0 spiro atoms. The standard InChI is InChI=1S/C32H27NO9/c1-39-23-10-8-21-9-12-28-30(24(21)16-23)22(15-29(36)42-28)18-40-31(37)25(13-20-7-11-26(34)27(35)14-20)33-32(38)41-17-19-5-3-2-4-6-19/h2-12,14-16,25,34-35H,13,17-18H2,1H3,(H,33,38). The molecule has 1 heterocycles. The minimum atomic E-state index is -1.22. The van der Waals surface area contributed by atoms with Gasteiger partial charge in [0.2, 0.25) is 0 Å². The first-order valence-electron chi connectivity index (χ1n) is 13.0. The van der Waals surface area contributed by atoms with Crippen LogP contribution >= 0.6 is 0 Å². The van der Waals surface area contributed by atoms with E-state index in [0.29, 0.717) is 27.8 Å². The van der Waals surface area contributed by atoms with Gasteiger partial charge >= 0.3 is 17.7 Å². The van der Waals surface area contributed by atoms with E-state index in [4.69, 9.17) is 18.6 Å². The smallest absolute Gasteiger partial charge is 0.408 e. The molecular formula is C32H27NO9. The molecular weight excluding hydrogens is 542 g/mol. The largest absolute Gasteiger partial charge is 0.504 e. The van der Waals surface area contributed by atoms with E-state index in [9.17, 15) is 24.6 Å². The number of hydrogen-bond donors (Lipinski definition) is 3. The Morgan fingerprint density at radius 2 is 1.64 bits per heavy atom. The van der Waals surface area contributed by atoms with Gasteiger partial charge in [0.1, 0.15) is 30.6 Å². The van der Waals surface area contributed by atoms with Crippen LogP contribution in [0.1, 0.15) is 16.7 Å². The molecule has 42 heavy (non-hydrogen) atoms. The summed E-state index contributed by atoms with van der Waals surface area (Å²) in [6.45, 7) is -0.313. The molecule has 0 aliphatic rings. The number of phenols is 2. The van der Waals surface area contributed by atoms with Gasteiger partial charge in [-0.3, -0.25) is 0 Å². The van der Waals surface area contributed by atoms with Crippen molar-refractivity contribution in [1.82, 2.24) is 5.32 Å². The van der Waals surface area contributed by atoms with E-state index < -0.39 is 23.7 Å². The number of fused-ring (bicyclic) bond motifs is 3. The maximum absolute atomic E-state index is 13.3. The molecule has 10 heteroatoms. The number of phenolic OH excluding ortho intramolecular Hbond substituents is 2. The predicted molar refractivity (Wildman–Crippen MR) is 153 cm³/mol. The Morgan fingerprint density at radius 3 is 2.40 bits per heavy atom. The fraction of sp³-hybridized carbons (Fsp3) is 0.156. The lowest BCUT2D eigenvalue weighted by Crippen LogP contribution is -2.43. The summed E-state index contributed by atoms with van der Waals surface area (Å²) >= 11 is 0. The molecule has 0 aliphatic heterocycles. The molecule has 1 unspecified atom stereocenters. The third-order valence-corrected chi connectivity index (χ3v) is 6.65. The average molecular weight is 570 g/mol. The minimum Gasteiger partial charge on any atom is -0.504 e. The van der Waals surface area contributed by atoms with Crippen molar-refractivity contribution < 1.29 is 38.4 Å². The lowest BCUT2D eigenvalue weighted by molar-refractivity contribution is -0.147. The van der Waals surface area contributed by atoms with Crippen LogP contribution in [0, 0.1) is 0 Å². The molecule has 5 aromatic rings. The molecule has 1 amide bonds. The third-order valence-electron chi connectivity index (χ3n) is 6.65. The second kappa shape index (κ2) is 12.3. The zero-order valence-electron chi connectivity index (χ0n) is 22.5. The van der Waals surface area contributed by atoms with Crippen LogP contribution in [0.3, 0.4) is 0 Å². The van der Waals surface area contributed by atoms with Crippen LogP contribution in [-0.2, 0) is 33.9 Å². The predicted octanol–water partition coefficient (Wildman–Crippen LogP) is 4.95. The summed E-state index contributed by atoms with van der Waals surface area (Å²) in [6, 6.07) is 22.1. The van der Waals surface area contributed by atoms with Crippen LogP contribution < -0.4 is 15.7 Å². The molecule has 5 rings (SSSR count). The SMILES string of the molecule is COc1ccc2ccc3oc(=O)cc(COC(=O)C(Cc4ccc(O)c(O)c4)NC(=O)OCc4ccccc4)c3c2c1. The van der Waals surface area contributed by atoms with Crippen molar-refractivity contribution in [2.75, 3.05) is 7.11 Å². The van der Waals surface area contributed by atoms with E-state index in [1.807, 2.05) is 18.2 Å².